The van der Waals surface area contributed by atoms with Gasteiger partial charge in [-0.3, -0.25) is 9.80 Å². The second kappa shape index (κ2) is 9.18. The molecule has 0 bridgehead atoms. The van der Waals surface area contributed by atoms with Crippen molar-refractivity contribution in [3.05, 3.63) is 58.9 Å². The number of hydrogen-bond donors (Lipinski definition) is 1. The number of aryl methyl sites for hydroxylation is 2. The Bertz CT molecular complexity index is 1070. The summed E-state index contributed by atoms with van der Waals surface area (Å²) in [6.07, 6.45) is 9.37. The first-order valence-corrected chi connectivity index (χ1v) is 11.5. The lowest BCUT2D eigenvalue weighted by atomic mass is 9.95. The molecule has 164 valence electrons. The molecule has 6 heteroatoms. The van der Waals surface area contributed by atoms with Crippen molar-refractivity contribution < 1.29 is 4.79 Å². The molecular weight excluding hydrogens is 386 g/mol. The van der Waals surface area contributed by atoms with Crippen LogP contribution < -0.4 is 5.43 Å². The summed E-state index contributed by atoms with van der Waals surface area (Å²) in [5.74, 6) is -0.0439. The van der Waals surface area contributed by atoms with E-state index in [1.807, 2.05) is 22.7 Å². The number of nitrogens with zero attached hydrogens (tertiary/aromatic N) is 4. The van der Waals surface area contributed by atoms with Gasteiger partial charge in [-0.1, -0.05) is 37.5 Å². The fourth-order valence-electron chi connectivity index (χ4n) is 4.60. The van der Waals surface area contributed by atoms with E-state index in [2.05, 4.69) is 54.5 Å². The third-order valence-corrected chi connectivity index (χ3v) is 6.65. The molecular formula is C25H33N5O. The van der Waals surface area contributed by atoms with Gasteiger partial charge in [0.15, 0.2) is 5.65 Å². The second-order valence-electron chi connectivity index (χ2n) is 8.70. The zero-order valence-corrected chi connectivity index (χ0v) is 19.1. The molecule has 2 aromatic heterocycles. The van der Waals surface area contributed by atoms with Gasteiger partial charge in [0.25, 0.3) is 5.91 Å². The van der Waals surface area contributed by atoms with Crippen molar-refractivity contribution in [2.24, 2.45) is 0 Å². The third kappa shape index (κ3) is 4.35. The molecule has 2 heterocycles. The van der Waals surface area contributed by atoms with Gasteiger partial charge in [-0.2, -0.15) is 5.10 Å². The summed E-state index contributed by atoms with van der Waals surface area (Å²) in [6, 6.07) is 8.46. The molecule has 1 aliphatic rings. The molecule has 0 saturated heterocycles. The van der Waals surface area contributed by atoms with E-state index in [4.69, 9.17) is 0 Å². The maximum atomic E-state index is 13.7. The topological polar surface area (TPSA) is 63.1 Å². The van der Waals surface area contributed by atoms with Gasteiger partial charge >= 0.3 is 0 Å². The van der Waals surface area contributed by atoms with Gasteiger partial charge in [-0.25, -0.2) is 15.1 Å². The van der Waals surface area contributed by atoms with E-state index >= 15 is 0 Å². The number of benzene rings is 1. The maximum Gasteiger partial charge on any atom is 0.270 e. The normalized spacial score (nSPS) is 15.9. The first-order chi connectivity index (χ1) is 15.0. The fourth-order valence-corrected chi connectivity index (χ4v) is 4.60. The molecule has 1 aliphatic carbocycles. The first-order valence-electron chi connectivity index (χ1n) is 11.5. The van der Waals surface area contributed by atoms with Gasteiger partial charge in [-0.15, -0.1) is 0 Å². The molecule has 1 fully saturated rings. The molecule has 1 amide bonds. The van der Waals surface area contributed by atoms with Crippen LogP contribution in [0.1, 0.15) is 79.0 Å². The van der Waals surface area contributed by atoms with Crippen LogP contribution in [0.2, 0.25) is 0 Å². The van der Waals surface area contributed by atoms with Gasteiger partial charge < -0.3 is 0 Å². The van der Waals surface area contributed by atoms with Crippen molar-refractivity contribution in [1.82, 2.24) is 25.2 Å². The summed E-state index contributed by atoms with van der Waals surface area (Å²) in [7, 11) is 0. The number of carbonyl (C=O) groups excluding carboxylic acids is 1. The minimum Gasteiger partial charge on any atom is -0.268 e. The average Bonchev–Trinajstić information content (AvgIpc) is 3.21. The molecule has 4 rings (SSSR count). The number of hydrogen-bond acceptors (Lipinski definition) is 4. The van der Waals surface area contributed by atoms with Gasteiger partial charge in [0.2, 0.25) is 0 Å². The van der Waals surface area contributed by atoms with E-state index < -0.39 is 0 Å². The smallest absolute Gasteiger partial charge is 0.268 e. The second-order valence-corrected chi connectivity index (χ2v) is 8.70. The van der Waals surface area contributed by atoms with E-state index in [-0.39, 0.29) is 11.9 Å². The Morgan fingerprint density at radius 3 is 2.74 bits per heavy atom. The van der Waals surface area contributed by atoms with Gasteiger partial charge in [0, 0.05) is 24.2 Å². The summed E-state index contributed by atoms with van der Waals surface area (Å²) in [4.78, 5) is 18.3. The van der Waals surface area contributed by atoms with Crippen molar-refractivity contribution in [2.75, 3.05) is 0 Å². The molecule has 0 aliphatic heterocycles. The lowest BCUT2D eigenvalue weighted by Crippen LogP contribution is -2.50. The Morgan fingerprint density at radius 2 is 2.00 bits per heavy atom. The van der Waals surface area contributed by atoms with Crippen molar-refractivity contribution in [2.45, 2.75) is 78.4 Å². The fraction of sp³-hybridized carbons (Fsp3) is 0.480. The largest absolute Gasteiger partial charge is 0.270 e. The van der Waals surface area contributed by atoms with E-state index in [1.165, 1.54) is 36.0 Å². The summed E-state index contributed by atoms with van der Waals surface area (Å²) >= 11 is 0. The van der Waals surface area contributed by atoms with E-state index in [9.17, 15) is 4.79 Å². The lowest BCUT2D eigenvalue weighted by molar-refractivity contribution is 0.0478. The minimum atomic E-state index is -0.0941. The minimum absolute atomic E-state index is 0.0439. The van der Waals surface area contributed by atoms with Crippen LogP contribution in [0.25, 0.3) is 11.0 Å². The molecule has 1 atom stereocenters. The molecule has 1 aromatic carbocycles. The zero-order valence-electron chi connectivity index (χ0n) is 19.1. The summed E-state index contributed by atoms with van der Waals surface area (Å²) in [5, 5.41) is 7.10. The quantitative estimate of drug-likeness (QED) is 0.564. The standard InChI is InChI=1S/C25H33N5O/c1-5-29-24-20(16-27-29)14-21(15-26-24)25(31)30(28-22-11-7-6-8-12-22)19(4)23-13-9-10-17(2)18(23)3/h9-10,13-16,19,22,28H,5-8,11-12H2,1-4H3. The Kier molecular flexibility index (Phi) is 6.37. The van der Waals surface area contributed by atoms with E-state index in [0.29, 0.717) is 11.6 Å². The SMILES string of the molecule is CCn1ncc2cc(C(=O)N(NC3CCCCC3)C(C)c3cccc(C)c3C)cnc21. The molecule has 0 radical (unpaired) electrons. The summed E-state index contributed by atoms with van der Waals surface area (Å²) in [6.45, 7) is 9.15. The Balaban J connectivity index is 1.68. The lowest BCUT2D eigenvalue weighted by Gasteiger charge is -2.36. The van der Waals surface area contributed by atoms with E-state index in [1.54, 1.807) is 12.4 Å². The highest BCUT2D eigenvalue weighted by molar-refractivity contribution is 5.96. The van der Waals surface area contributed by atoms with Crippen LogP contribution in [-0.4, -0.2) is 31.7 Å². The van der Waals surface area contributed by atoms with Crippen molar-refractivity contribution in [3.63, 3.8) is 0 Å². The number of amides is 1. The number of carbonyl (C=O) groups is 1. The van der Waals surface area contributed by atoms with Gasteiger partial charge in [0.05, 0.1) is 17.8 Å². The van der Waals surface area contributed by atoms with Crippen molar-refractivity contribution in [1.29, 1.82) is 0 Å². The number of pyridine rings is 1. The highest BCUT2D eigenvalue weighted by Gasteiger charge is 2.28. The molecule has 0 spiro atoms. The van der Waals surface area contributed by atoms with Crippen molar-refractivity contribution in [3.8, 4) is 0 Å². The van der Waals surface area contributed by atoms with Crippen LogP contribution >= 0.6 is 0 Å². The number of aromatic nitrogens is 3. The monoisotopic (exact) mass is 419 g/mol. The Labute approximate surface area is 184 Å². The average molecular weight is 420 g/mol. The van der Waals surface area contributed by atoms with Crippen LogP contribution in [0.3, 0.4) is 0 Å². The van der Waals surface area contributed by atoms with Gasteiger partial charge in [-0.05, 0) is 63.3 Å². The molecule has 31 heavy (non-hydrogen) atoms. The number of rotatable bonds is 6. The van der Waals surface area contributed by atoms with Gasteiger partial charge in [0.1, 0.15) is 0 Å². The highest BCUT2D eigenvalue weighted by atomic mass is 16.2. The molecule has 3 aromatic rings. The molecule has 1 N–H and O–H groups in total. The van der Waals surface area contributed by atoms with Crippen molar-refractivity contribution >= 4 is 16.9 Å². The summed E-state index contributed by atoms with van der Waals surface area (Å²) < 4.78 is 1.85. The Morgan fingerprint density at radius 1 is 1.23 bits per heavy atom. The highest BCUT2D eigenvalue weighted by Crippen LogP contribution is 2.28. The summed E-state index contributed by atoms with van der Waals surface area (Å²) in [5.41, 5.74) is 8.64. The zero-order chi connectivity index (χ0) is 22.0. The molecule has 1 saturated carbocycles. The Hall–Kier alpha value is -2.73. The van der Waals surface area contributed by atoms with Crippen LogP contribution in [0, 0.1) is 13.8 Å². The maximum absolute atomic E-state index is 13.7. The van der Waals surface area contributed by atoms with Crippen LogP contribution in [0.15, 0.2) is 36.7 Å². The third-order valence-electron chi connectivity index (χ3n) is 6.65. The first kappa shape index (κ1) is 21.5. The number of hydrazine groups is 1. The van der Waals surface area contributed by atoms with Crippen LogP contribution in [0.5, 0.6) is 0 Å². The van der Waals surface area contributed by atoms with Crippen LogP contribution in [-0.2, 0) is 6.54 Å². The number of nitrogens with one attached hydrogen (secondary N) is 1. The predicted molar refractivity (Wildman–Crippen MR) is 124 cm³/mol. The predicted octanol–water partition coefficient (Wildman–Crippen LogP) is 5.11. The molecule has 6 nitrogen and oxygen atoms in total. The van der Waals surface area contributed by atoms with Crippen LogP contribution in [0.4, 0.5) is 0 Å². The van der Waals surface area contributed by atoms with E-state index in [0.717, 1.165) is 30.4 Å². The molecule has 1 unspecified atom stereocenters. The number of fused-ring (bicyclic) bond motifs is 1.